The van der Waals surface area contributed by atoms with Crippen LogP contribution < -0.4 is 15.9 Å². The molecule has 2 aliphatic heterocycles. The lowest BCUT2D eigenvalue weighted by Crippen LogP contribution is -2.45. The molecule has 1 atom stereocenters. The van der Waals surface area contributed by atoms with Crippen molar-refractivity contribution in [1.29, 1.82) is 0 Å². The molecule has 0 unspecified atom stereocenters. The molecule has 3 aromatic rings. The van der Waals surface area contributed by atoms with E-state index in [9.17, 15) is 9.59 Å². The van der Waals surface area contributed by atoms with Crippen molar-refractivity contribution in [3.8, 4) is 5.88 Å². The van der Waals surface area contributed by atoms with Crippen LogP contribution >= 0.6 is 0 Å². The lowest BCUT2D eigenvalue weighted by molar-refractivity contribution is 0.290. The molecule has 0 aromatic carbocycles. The Morgan fingerprint density at radius 1 is 1.00 bits per heavy atom. The average molecular weight is 420 g/mol. The molecular formula is C22H24N6O3. The fourth-order valence-corrected chi connectivity index (χ4v) is 4.77. The number of likely N-dealkylation sites (tertiary alicyclic amines) is 1. The molecule has 9 heteroatoms. The van der Waals surface area contributed by atoms with E-state index in [4.69, 9.17) is 4.74 Å². The maximum atomic E-state index is 12.8. The zero-order valence-corrected chi connectivity index (χ0v) is 17.4. The molecular weight excluding hydrogens is 396 g/mol. The summed E-state index contributed by atoms with van der Waals surface area (Å²) in [5.74, 6) is 1.35. The summed E-state index contributed by atoms with van der Waals surface area (Å²) in [6, 6.07) is 9.43. The molecule has 0 aliphatic carbocycles. The predicted octanol–water partition coefficient (Wildman–Crippen LogP) is 0.799. The van der Waals surface area contributed by atoms with Gasteiger partial charge in [-0.05, 0) is 37.6 Å². The van der Waals surface area contributed by atoms with Crippen LogP contribution in [0.3, 0.4) is 0 Å². The largest absolute Gasteiger partial charge is 0.481 e. The first kappa shape index (κ1) is 19.6. The summed E-state index contributed by atoms with van der Waals surface area (Å²) in [6.45, 7) is 3.10. The first-order chi connectivity index (χ1) is 15.1. The standard InChI is InChI=1S/C22H24N6O3/c1-31-18-16(5-4-10-24-18)13-26-11-7-22(15-26)8-12-27-19(29)20(30)28(25-21(22)27)14-17-6-2-3-9-23-17/h2-6,9-10H,7-8,11-15H2,1H3/t22-/m0/s1. The van der Waals surface area contributed by atoms with Gasteiger partial charge in [0.2, 0.25) is 5.88 Å². The minimum atomic E-state index is -0.596. The van der Waals surface area contributed by atoms with Gasteiger partial charge in [-0.1, -0.05) is 12.1 Å². The molecule has 1 saturated heterocycles. The number of hydrogen-bond donors (Lipinski definition) is 0. The summed E-state index contributed by atoms with van der Waals surface area (Å²) in [5, 5.41) is 4.68. The summed E-state index contributed by atoms with van der Waals surface area (Å²) < 4.78 is 8.24. The van der Waals surface area contributed by atoms with Gasteiger partial charge in [0.1, 0.15) is 5.82 Å². The van der Waals surface area contributed by atoms with E-state index in [-0.39, 0.29) is 12.0 Å². The lowest BCUT2D eigenvalue weighted by Gasteiger charge is -2.24. The third-order valence-corrected chi connectivity index (χ3v) is 6.33. The lowest BCUT2D eigenvalue weighted by atomic mass is 9.85. The van der Waals surface area contributed by atoms with Crippen LogP contribution in [-0.2, 0) is 25.0 Å². The highest BCUT2D eigenvalue weighted by atomic mass is 16.5. The summed E-state index contributed by atoms with van der Waals surface area (Å²) in [7, 11) is 1.63. The number of fused-ring (bicyclic) bond motifs is 2. The topological polar surface area (TPSA) is 95.1 Å². The average Bonchev–Trinajstić information content (AvgIpc) is 3.37. The normalized spacial score (nSPS) is 20.3. The van der Waals surface area contributed by atoms with Gasteiger partial charge in [-0.3, -0.25) is 24.0 Å². The summed E-state index contributed by atoms with van der Waals surface area (Å²) in [4.78, 5) is 36.3. The molecule has 5 rings (SSSR count). The Morgan fingerprint density at radius 2 is 1.84 bits per heavy atom. The minimum absolute atomic E-state index is 0.190. The van der Waals surface area contributed by atoms with Crippen molar-refractivity contribution in [2.75, 3.05) is 20.2 Å². The van der Waals surface area contributed by atoms with Crippen LogP contribution in [0.1, 0.15) is 29.9 Å². The Hall–Kier alpha value is -3.33. The van der Waals surface area contributed by atoms with Gasteiger partial charge < -0.3 is 4.74 Å². The highest BCUT2D eigenvalue weighted by Crippen LogP contribution is 2.41. The highest BCUT2D eigenvalue weighted by molar-refractivity contribution is 5.26. The smallest absolute Gasteiger partial charge is 0.332 e. The van der Waals surface area contributed by atoms with Gasteiger partial charge in [-0.2, -0.15) is 5.10 Å². The van der Waals surface area contributed by atoms with Crippen molar-refractivity contribution in [3.63, 3.8) is 0 Å². The maximum absolute atomic E-state index is 12.8. The van der Waals surface area contributed by atoms with Gasteiger partial charge in [-0.25, -0.2) is 9.67 Å². The molecule has 3 aromatic heterocycles. The quantitative estimate of drug-likeness (QED) is 0.564. The van der Waals surface area contributed by atoms with Crippen molar-refractivity contribution < 1.29 is 4.74 Å². The molecule has 0 saturated carbocycles. The number of nitrogens with zero attached hydrogens (tertiary/aromatic N) is 6. The van der Waals surface area contributed by atoms with Crippen LogP contribution in [0.4, 0.5) is 0 Å². The van der Waals surface area contributed by atoms with Gasteiger partial charge in [0.25, 0.3) is 0 Å². The molecule has 0 N–H and O–H groups in total. The van der Waals surface area contributed by atoms with E-state index in [1.54, 1.807) is 24.1 Å². The van der Waals surface area contributed by atoms with Crippen LogP contribution in [0.15, 0.2) is 52.3 Å². The van der Waals surface area contributed by atoms with Crippen LogP contribution in [0.2, 0.25) is 0 Å². The van der Waals surface area contributed by atoms with Crippen molar-refractivity contribution in [3.05, 3.63) is 80.5 Å². The maximum Gasteiger partial charge on any atom is 0.332 e. The van der Waals surface area contributed by atoms with Crippen LogP contribution in [-0.4, -0.2) is 49.4 Å². The van der Waals surface area contributed by atoms with Crippen LogP contribution in [0.25, 0.3) is 0 Å². The molecule has 31 heavy (non-hydrogen) atoms. The second kappa shape index (κ2) is 7.73. The molecule has 0 bridgehead atoms. The second-order valence-corrected chi connectivity index (χ2v) is 8.23. The number of pyridine rings is 2. The Labute approximate surface area is 179 Å². The Balaban J connectivity index is 1.44. The zero-order chi connectivity index (χ0) is 21.4. The summed E-state index contributed by atoms with van der Waals surface area (Å²) in [6.07, 6.45) is 5.09. The third-order valence-electron chi connectivity index (χ3n) is 6.33. The van der Waals surface area contributed by atoms with E-state index < -0.39 is 11.1 Å². The Bertz CT molecular complexity index is 1220. The molecule has 1 spiro atoms. The first-order valence-corrected chi connectivity index (χ1v) is 10.4. The fraction of sp³-hybridized carbons (Fsp3) is 0.409. The van der Waals surface area contributed by atoms with E-state index >= 15 is 0 Å². The number of ether oxygens (including phenoxy) is 1. The van der Waals surface area contributed by atoms with Gasteiger partial charge in [-0.15, -0.1) is 0 Å². The van der Waals surface area contributed by atoms with E-state index in [0.717, 1.165) is 38.0 Å². The second-order valence-electron chi connectivity index (χ2n) is 8.23. The predicted molar refractivity (Wildman–Crippen MR) is 113 cm³/mol. The molecule has 2 aliphatic rings. The van der Waals surface area contributed by atoms with E-state index in [0.29, 0.717) is 23.9 Å². The Morgan fingerprint density at radius 3 is 2.65 bits per heavy atom. The van der Waals surface area contributed by atoms with Crippen molar-refractivity contribution in [1.82, 2.24) is 29.2 Å². The SMILES string of the molecule is COc1ncccc1CN1CC[C@]2(CCn3c2nn(Cc2ccccn2)c(=O)c3=O)C1. The van der Waals surface area contributed by atoms with Crippen LogP contribution in [0.5, 0.6) is 5.88 Å². The van der Waals surface area contributed by atoms with Crippen molar-refractivity contribution in [2.24, 2.45) is 0 Å². The monoisotopic (exact) mass is 420 g/mol. The van der Waals surface area contributed by atoms with E-state index in [2.05, 4.69) is 20.0 Å². The zero-order valence-electron chi connectivity index (χ0n) is 17.4. The first-order valence-electron chi connectivity index (χ1n) is 10.4. The number of hydrogen-bond acceptors (Lipinski definition) is 7. The van der Waals surface area contributed by atoms with Gasteiger partial charge in [0, 0.05) is 43.0 Å². The molecule has 1 fully saturated rings. The van der Waals surface area contributed by atoms with Gasteiger partial charge in [0.15, 0.2) is 0 Å². The summed E-state index contributed by atoms with van der Waals surface area (Å²) >= 11 is 0. The molecule has 9 nitrogen and oxygen atoms in total. The molecule has 0 amide bonds. The fourth-order valence-electron chi connectivity index (χ4n) is 4.77. The van der Waals surface area contributed by atoms with E-state index in [1.165, 1.54) is 4.68 Å². The van der Waals surface area contributed by atoms with Gasteiger partial charge in [0.05, 0.1) is 19.3 Å². The number of aromatic nitrogens is 5. The number of methoxy groups -OCH3 is 1. The third kappa shape index (κ3) is 3.44. The van der Waals surface area contributed by atoms with Crippen LogP contribution in [0, 0.1) is 0 Å². The Kier molecular flexibility index (Phi) is 4.90. The van der Waals surface area contributed by atoms with E-state index in [1.807, 2.05) is 30.3 Å². The number of rotatable bonds is 5. The highest BCUT2D eigenvalue weighted by Gasteiger charge is 2.47. The molecule has 160 valence electrons. The molecule has 5 heterocycles. The van der Waals surface area contributed by atoms with Crippen molar-refractivity contribution in [2.45, 2.75) is 37.9 Å². The minimum Gasteiger partial charge on any atom is -0.481 e. The molecule has 0 radical (unpaired) electrons. The summed E-state index contributed by atoms with van der Waals surface area (Å²) in [5.41, 5.74) is 0.413. The van der Waals surface area contributed by atoms with Crippen molar-refractivity contribution >= 4 is 0 Å². The van der Waals surface area contributed by atoms with Gasteiger partial charge >= 0.3 is 11.1 Å².